The van der Waals surface area contributed by atoms with E-state index in [9.17, 15) is 19.8 Å². The highest BCUT2D eigenvalue weighted by molar-refractivity contribution is 5.89. The summed E-state index contributed by atoms with van der Waals surface area (Å²) in [4.78, 5) is 26.1. The number of H-pyrrole nitrogens is 1. The van der Waals surface area contributed by atoms with Gasteiger partial charge in [0.05, 0.1) is 5.52 Å². The molecule has 23 heavy (non-hydrogen) atoms. The molecule has 4 N–H and O–H groups in total. The van der Waals surface area contributed by atoms with E-state index >= 15 is 0 Å². The predicted octanol–water partition coefficient (Wildman–Crippen LogP) is 2.39. The summed E-state index contributed by atoms with van der Waals surface area (Å²) < 4.78 is 5.08. The number of carbonyl (C=O) groups is 2. The lowest BCUT2D eigenvalue weighted by atomic mass is 10.0. The fourth-order valence-corrected chi connectivity index (χ4v) is 2.24. The van der Waals surface area contributed by atoms with Crippen molar-refractivity contribution in [2.24, 2.45) is 0 Å². The lowest BCUT2D eigenvalue weighted by Gasteiger charge is -2.22. The summed E-state index contributed by atoms with van der Waals surface area (Å²) in [7, 11) is 0. The van der Waals surface area contributed by atoms with Gasteiger partial charge in [-0.3, -0.25) is 0 Å². The van der Waals surface area contributed by atoms with Crippen molar-refractivity contribution in [1.29, 1.82) is 0 Å². The van der Waals surface area contributed by atoms with Crippen molar-refractivity contribution in [3.8, 4) is 5.75 Å². The van der Waals surface area contributed by atoms with E-state index in [2.05, 4.69) is 10.3 Å². The number of fused-ring (bicyclic) bond motifs is 1. The van der Waals surface area contributed by atoms with Gasteiger partial charge in [0.1, 0.15) is 17.4 Å². The number of phenols is 1. The van der Waals surface area contributed by atoms with Crippen molar-refractivity contribution < 1.29 is 24.5 Å². The highest BCUT2D eigenvalue weighted by Gasteiger charge is 2.25. The van der Waals surface area contributed by atoms with Gasteiger partial charge in [-0.1, -0.05) is 12.1 Å². The average molecular weight is 320 g/mol. The second-order valence-corrected chi connectivity index (χ2v) is 6.25. The zero-order chi connectivity index (χ0) is 17.2. The van der Waals surface area contributed by atoms with E-state index in [4.69, 9.17) is 4.74 Å². The number of carbonyl (C=O) groups excluding carboxylic acids is 1. The van der Waals surface area contributed by atoms with Crippen LogP contribution in [-0.2, 0) is 16.0 Å². The van der Waals surface area contributed by atoms with Crippen LogP contribution in [-0.4, -0.2) is 38.9 Å². The van der Waals surface area contributed by atoms with Crippen LogP contribution >= 0.6 is 0 Å². The second-order valence-electron chi connectivity index (χ2n) is 6.25. The molecule has 0 saturated carbocycles. The molecule has 0 aliphatic rings. The summed E-state index contributed by atoms with van der Waals surface area (Å²) in [5.74, 6) is -1.08. The molecule has 1 aromatic carbocycles. The Kier molecular flexibility index (Phi) is 4.49. The third-order valence-electron chi connectivity index (χ3n) is 3.19. The molecule has 7 heteroatoms. The predicted molar refractivity (Wildman–Crippen MR) is 84.5 cm³/mol. The van der Waals surface area contributed by atoms with Crippen molar-refractivity contribution in [3.63, 3.8) is 0 Å². The number of aliphatic carboxylic acids is 1. The summed E-state index contributed by atoms with van der Waals surface area (Å²) in [6.45, 7) is 5.10. The Balaban J connectivity index is 2.17. The smallest absolute Gasteiger partial charge is 0.408 e. The molecule has 7 nitrogen and oxygen atoms in total. The van der Waals surface area contributed by atoms with Gasteiger partial charge in [0.15, 0.2) is 0 Å². The number of hydrogen-bond donors (Lipinski definition) is 4. The molecule has 124 valence electrons. The third-order valence-corrected chi connectivity index (χ3v) is 3.19. The van der Waals surface area contributed by atoms with Gasteiger partial charge in [-0.2, -0.15) is 0 Å². The zero-order valence-corrected chi connectivity index (χ0v) is 13.2. The second kappa shape index (κ2) is 6.20. The van der Waals surface area contributed by atoms with Gasteiger partial charge < -0.3 is 25.3 Å². The van der Waals surface area contributed by atoms with Gasteiger partial charge >= 0.3 is 12.1 Å². The Labute approximate surface area is 133 Å². The SMILES string of the molecule is CC(C)(C)OC(=O)N[C@@H](Cc1c[nH]c2c(O)cccc12)C(=O)O. The molecule has 0 aliphatic heterocycles. The van der Waals surface area contributed by atoms with Crippen molar-refractivity contribution in [2.75, 3.05) is 0 Å². The number of amides is 1. The molecule has 2 rings (SSSR count). The highest BCUT2D eigenvalue weighted by Crippen LogP contribution is 2.26. The van der Waals surface area contributed by atoms with Crippen LogP contribution in [0.5, 0.6) is 5.75 Å². The number of alkyl carbamates (subject to hydrolysis) is 1. The van der Waals surface area contributed by atoms with E-state index in [0.717, 1.165) is 0 Å². The molecule has 1 heterocycles. The number of phenolic OH excluding ortho intramolecular Hbond substituents is 1. The van der Waals surface area contributed by atoms with Crippen LogP contribution in [0, 0.1) is 0 Å². The van der Waals surface area contributed by atoms with Crippen LogP contribution in [0.3, 0.4) is 0 Å². The van der Waals surface area contributed by atoms with Crippen molar-refractivity contribution >= 4 is 23.0 Å². The van der Waals surface area contributed by atoms with Gasteiger partial charge in [0, 0.05) is 18.0 Å². The van der Waals surface area contributed by atoms with Crippen molar-refractivity contribution in [3.05, 3.63) is 30.0 Å². The Bertz CT molecular complexity index is 730. The van der Waals surface area contributed by atoms with E-state index < -0.39 is 23.7 Å². The number of carboxylic acid groups (broad SMARTS) is 1. The first-order chi connectivity index (χ1) is 10.7. The minimum atomic E-state index is -1.16. The van der Waals surface area contributed by atoms with Crippen molar-refractivity contribution in [1.82, 2.24) is 10.3 Å². The Morgan fingerprint density at radius 1 is 1.35 bits per heavy atom. The van der Waals surface area contributed by atoms with E-state index in [1.807, 2.05) is 0 Å². The van der Waals surface area contributed by atoms with Crippen molar-refractivity contribution in [2.45, 2.75) is 38.8 Å². The van der Waals surface area contributed by atoms with Gasteiger partial charge in [-0.25, -0.2) is 9.59 Å². The maximum Gasteiger partial charge on any atom is 0.408 e. The third kappa shape index (κ3) is 4.15. The number of benzene rings is 1. The first-order valence-electron chi connectivity index (χ1n) is 7.17. The summed E-state index contributed by atoms with van der Waals surface area (Å²) in [6, 6.07) is 3.85. The highest BCUT2D eigenvalue weighted by atomic mass is 16.6. The Morgan fingerprint density at radius 2 is 2.04 bits per heavy atom. The number of aromatic nitrogens is 1. The molecule has 0 bridgehead atoms. The van der Waals surface area contributed by atoms with Gasteiger partial charge in [-0.05, 0) is 32.4 Å². The lowest BCUT2D eigenvalue weighted by Crippen LogP contribution is -2.44. The van der Waals surface area contributed by atoms with Crippen LogP contribution in [0.1, 0.15) is 26.3 Å². The molecular formula is C16H20N2O5. The molecule has 0 unspecified atom stereocenters. The van der Waals surface area contributed by atoms with Crippen LogP contribution < -0.4 is 5.32 Å². The van der Waals surface area contributed by atoms with Gasteiger partial charge in [0.25, 0.3) is 0 Å². The van der Waals surface area contributed by atoms with E-state index in [0.29, 0.717) is 16.5 Å². The van der Waals surface area contributed by atoms with E-state index in [1.165, 1.54) is 6.07 Å². The number of ether oxygens (including phenoxy) is 1. The van der Waals surface area contributed by atoms with E-state index in [-0.39, 0.29) is 12.2 Å². The number of rotatable bonds is 4. The molecule has 0 spiro atoms. The Morgan fingerprint density at radius 3 is 2.65 bits per heavy atom. The number of hydrogen-bond acceptors (Lipinski definition) is 4. The largest absolute Gasteiger partial charge is 0.506 e. The quantitative estimate of drug-likeness (QED) is 0.691. The van der Waals surface area contributed by atoms with Crippen LogP contribution in [0.25, 0.3) is 10.9 Å². The monoisotopic (exact) mass is 320 g/mol. The minimum absolute atomic E-state index is 0.0675. The number of aromatic amines is 1. The fraction of sp³-hybridized carbons (Fsp3) is 0.375. The molecule has 0 saturated heterocycles. The Hall–Kier alpha value is -2.70. The maximum absolute atomic E-state index is 11.8. The lowest BCUT2D eigenvalue weighted by molar-refractivity contribution is -0.139. The molecule has 0 radical (unpaired) electrons. The summed E-state index contributed by atoms with van der Waals surface area (Å²) in [5, 5.41) is 22.1. The summed E-state index contributed by atoms with van der Waals surface area (Å²) >= 11 is 0. The molecule has 1 aromatic heterocycles. The topological polar surface area (TPSA) is 112 Å². The molecule has 0 aliphatic carbocycles. The van der Waals surface area contributed by atoms with Crippen LogP contribution in [0.4, 0.5) is 4.79 Å². The molecule has 0 fully saturated rings. The van der Waals surface area contributed by atoms with E-state index in [1.54, 1.807) is 39.1 Å². The molecule has 1 atom stereocenters. The average Bonchev–Trinajstić information content (AvgIpc) is 2.80. The first-order valence-corrected chi connectivity index (χ1v) is 7.17. The summed E-state index contributed by atoms with van der Waals surface area (Å²) in [6.07, 6.45) is 0.905. The first kappa shape index (κ1) is 16.7. The number of nitrogens with one attached hydrogen (secondary N) is 2. The standard InChI is InChI=1S/C16H20N2O5/c1-16(2,3)23-15(22)18-11(14(20)21)7-9-8-17-13-10(9)5-4-6-12(13)19/h4-6,8,11,17,19H,7H2,1-3H3,(H,18,22)(H,20,21)/t11-/m0/s1. The number of para-hydroxylation sites is 1. The minimum Gasteiger partial charge on any atom is -0.506 e. The fourth-order valence-electron chi connectivity index (χ4n) is 2.24. The maximum atomic E-state index is 11.8. The van der Waals surface area contributed by atoms with Crippen LogP contribution in [0.15, 0.2) is 24.4 Å². The van der Waals surface area contributed by atoms with Gasteiger partial charge in [-0.15, -0.1) is 0 Å². The zero-order valence-electron chi connectivity index (χ0n) is 13.2. The van der Waals surface area contributed by atoms with Crippen LogP contribution in [0.2, 0.25) is 0 Å². The molecule has 2 aromatic rings. The number of aromatic hydroxyl groups is 1. The number of carboxylic acids is 1. The normalized spacial score (nSPS) is 12.8. The molecule has 1 amide bonds. The summed E-state index contributed by atoms with van der Waals surface area (Å²) in [5.41, 5.74) is 0.503. The van der Waals surface area contributed by atoms with Gasteiger partial charge in [0.2, 0.25) is 0 Å². The molecular weight excluding hydrogens is 300 g/mol.